The molecule has 0 aliphatic carbocycles. The number of halogens is 3. The zero-order chi connectivity index (χ0) is 17.0. The molecule has 0 aliphatic rings. The molecule has 0 amide bonds. The van der Waals surface area contributed by atoms with E-state index in [0.717, 1.165) is 0 Å². The number of aliphatic hydroxyl groups is 1. The Morgan fingerprint density at radius 2 is 1.64 bits per heavy atom. The number of hydrogen-bond acceptors (Lipinski definition) is 4. The monoisotopic (exact) mass is 318 g/mol. The number of rotatable bonds is 5. The average molecular weight is 318 g/mol. The summed E-state index contributed by atoms with van der Waals surface area (Å²) >= 11 is 0. The first-order chi connectivity index (χ1) is 10.1. The van der Waals surface area contributed by atoms with Crippen molar-refractivity contribution in [2.24, 2.45) is 0 Å². The van der Waals surface area contributed by atoms with Crippen molar-refractivity contribution in [3.05, 3.63) is 46.5 Å². The van der Waals surface area contributed by atoms with Crippen LogP contribution in [0.15, 0.2) is 23.5 Å². The van der Waals surface area contributed by atoms with Gasteiger partial charge in [-0.05, 0) is 25.5 Å². The van der Waals surface area contributed by atoms with E-state index in [1.54, 1.807) is 0 Å². The van der Waals surface area contributed by atoms with Gasteiger partial charge in [0.15, 0.2) is 17.2 Å². The van der Waals surface area contributed by atoms with E-state index in [-0.39, 0.29) is 6.07 Å². The molecule has 0 atom stereocenters. The van der Waals surface area contributed by atoms with Crippen LogP contribution >= 0.6 is 0 Å². The zero-order valence-corrected chi connectivity index (χ0v) is 11.7. The topological polar surface area (TPSA) is 83.8 Å². The summed E-state index contributed by atoms with van der Waals surface area (Å²) in [6, 6.07) is 0.721. The van der Waals surface area contributed by atoms with Crippen LogP contribution in [0.3, 0.4) is 0 Å². The van der Waals surface area contributed by atoms with E-state index in [9.17, 15) is 27.9 Å². The third-order valence-corrected chi connectivity index (χ3v) is 2.50. The van der Waals surface area contributed by atoms with Gasteiger partial charge in [0.25, 0.3) is 0 Å². The second-order valence-electron chi connectivity index (χ2n) is 4.62. The fourth-order valence-electron chi connectivity index (χ4n) is 1.57. The van der Waals surface area contributed by atoms with Crippen molar-refractivity contribution in [1.29, 1.82) is 0 Å². The van der Waals surface area contributed by atoms with Gasteiger partial charge in [-0.3, -0.25) is 0 Å². The van der Waals surface area contributed by atoms with Crippen molar-refractivity contribution < 1.29 is 37.7 Å². The molecule has 5 nitrogen and oxygen atoms in total. The lowest BCUT2D eigenvalue weighted by molar-refractivity contribution is -0.147. The van der Waals surface area contributed by atoms with Crippen LogP contribution in [0, 0.1) is 17.5 Å². The Labute approximate surface area is 123 Å². The Kier molecular flexibility index (Phi) is 5.56. The SMILES string of the molecule is CC(C)OC(=O)/C(C(=O)O)=C(\O)Cc1cc(F)c(F)cc1F. The Bertz CT molecular complexity index is 638. The number of carbonyl (C=O) groups excluding carboxylic acids is 1. The minimum Gasteiger partial charge on any atom is -0.511 e. The molecule has 22 heavy (non-hydrogen) atoms. The lowest BCUT2D eigenvalue weighted by Crippen LogP contribution is -2.21. The molecule has 0 saturated carbocycles. The lowest BCUT2D eigenvalue weighted by atomic mass is 10.1. The van der Waals surface area contributed by atoms with E-state index >= 15 is 0 Å². The number of allylic oxidation sites excluding steroid dienone is 1. The fourth-order valence-corrected chi connectivity index (χ4v) is 1.57. The number of esters is 1. The van der Waals surface area contributed by atoms with Crippen LogP contribution in [-0.2, 0) is 20.7 Å². The lowest BCUT2D eigenvalue weighted by Gasteiger charge is -2.10. The molecule has 1 rings (SSSR count). The summed E-state index contributed by atoms with van der Waals surface area (Å²) < 4.78 is 44.0. The molecule has 0 fully saturated rings. The van der Waals surface area contributed by atoms with Crippen molar-refractivity contribution in [3.63, 3.8) is 0 Å². The van der Waals surface area contributed by atoms with Crippen LogP contribution < -0.4 is 0 Å². The van der Waals surface area contributed by atoms with Crippen molar-refractivity contribution in [1.82, 2.24) is 0 Å². The van der Waals surface area contributed by atoms with E-state index in [0.29, 0.717) is 6.07 Å². The van der Waals surface area contributed by atoms with Crippen molar-refractivity contribution >= 4 is 11.9 Å². The van der Waals surface area contributed by atoms with Gasteiger partial charge < -0.3 is 14.9 Å². The maximum Gasteiger partial charge on any atom is 0.349 e. The molecule has 120 valence electrons. The van der Waals surface area contributed by atoms with E-state index in [4.69, 9.17) is 5.11 Å². The quantitative estimate of drug-likeness (QED) is 0.218. The molecule has 0 spiro atoms. The smallest absolute Gasteiger partial charge is 0.349 e. The van der Waals surface area contributed by atoms with Crippen LogP contribution in [0.2, 0.25) is 0 Å². The van der Waals surface area contributed by atoms with Gasteiger partial charge in [0.1, 0.15) is 11.6 Å². The first-order valence-corrected chi connectivity index (χ1v) is 6.13. The second kappa shape index (κ2) is 6.97. The van der Waals surface area contributed by atoms with Gasteiger partial charge >= 0.3 is 11.9 Å². The van der Waals surface area contributed by atoms with Crippen molar-refractivity contribution in [2.75, 3.05) is 0 Å². The van der Waals surface area contributed by atoms with E-state index in [2.05, 4.69) is 4.74 Å². The molecular weight excluding hydrogens is 305 g/mol. The molecule has 2 N–H and O–H groups in total. The number of benzene rings is 1. The summed E-state index contributed by atoms with van der Waals surface area (Å²) in [7, 11) is 0. The number of hydrogen-bond donors (Lipinski definition) is 2. The maximum atomic E-state index is 13.5. The second-order valence-corrected chi connectivity index (χ2v) is 4.62. The highest BCUT2D eigenvalue weighted by atomic mass is 19.2. The molecule has 0 aromatic heterocycles. The largest absolute Gasteiger partial charge is 0.511 e. The molecule has 1 aromatic rings. The Morgan fingerprint density at radius 3 is 2.14 bits per heavy atom. The summed E-state index contributed by atoms with van der Waals surface area (Å²) in [5, 5.41) is 18.6. The fraction of sp³-hybridized carbons (Fsp3) is 0.286. The Balaban J connectivity index is 3.19. The molecule has 0 aliphatic heterocycles. The number of ether oxygens (including phenoxy) is 1. The highest BCUT2D eigenvalue weighted by Gasteiger charge is 2.26. The summed E-state index contributed by atoms with van der Waals surface area (Å²) in [6.07, 6.45) is -1.45. The van der Waals surface area contributed by atoms with Crippen molar-refractivity contribution in [3.8, 4) is 0 Å². The first kappa shape index (κ1) is 17.5. The molecular formula is C14H13F3O5. The van der Waals surface area contributed by atoms with Crippen LogP contribution in [0.4, 0.5) is 13.2 Å². The predicted molar refractivity (Wildman–Crippen MR) is 68.5 cm³/mol. The van der Waals surface area contributed by atoms with Crippen molar-refractivity contribution in [2.45, 2.75) is 26.4 Å². The average Bonchev–Trinajstić information content (AvgIpc) is 2.34. The summed E-state index contributed by atoms with van der Waals surface area (Å²) in [4.78, 5) is 22.6. The van der Waals surface area contributed by atoms with E-state index in [1.807, 2.05) is 0 Å². The Hall–Kier alpha value is -2.51. The molecule has 0 unspecified atom stereocenters. The zero-order valence-electron chi connectivity index (χ0n) is 11.7. The predicted octanol–water partition coefficient (Wildman–Crippen LogP) is 2.49. The van der Waals surface area contributed by atoms with E-state index in [1.165, 1.54) is 13.8 Å². The number of carboxylic acids is 1. The van der Waals surface area contributed by atoms with E-state index < -0.39 is 58.8 Å². The molecule has 0 saturated heterocycles. The summed E-state index contributed by atoms with van der Waals surface area (Å²) in [5.41, 5.74) is -1.61. The number of aliphatic carboxylic acids is 1. The third-order valence-electron chi connectivity index (χ3n) is 2.50. The molecule has 0 bridgehead atoms. The Morgan fingerprint density at radius 1 is 1.09 bits per heavy atom. The standard InChI is InChI=1S/C14H13F3O5/c1-6(2)22-14(21)12(13(19)20)11(18)4-7-3-9(16)10(17)5-8(7)15/h3,5-6,18H,4H2,1-2H3,(H,19,20)/b12-11-. The minimum absolute atomic E-state index is 0.255. The van der Waals surface area contributed by atoms with Crippen LogP contribution in [0.1, 0.15) is 19.4 Å². The molecule has 0 heterocycles. The highest BCUT2D eigenvalue weighted by molar-refractivity contribution is 6.13. The molecule has 1 aromatic carbocycles. The first-order valence-electron chi connectivity index (χ1n) is 6.13. The van der Waals surface area contributed by atoms with Crippen LogP contribution in [0.5, 0.6) is 0 Å². The number of carbonyl (C=O) groups is 2. The van der Waals surface area contributed by atoms with Gasteiger partial charge in [-0.1, -0.05) is 0 Å². The van der Waals surface area contributed by atoms with Gasteiger partial charge in [0.2, 0.25) is 0 Å². The summed E-state index contributed by atoms with van der Waals surface area (Å²) in [5.74, 6) is -8.11. The maximum absolute atomic E-state index is 13.5. The number of aliphatic hydroxyl groups excluding tert-OH is 1. The van der Waals surface area contributed by atoms with Gasteiger partial charge in [-0.15, -0.1) is 0 Å². The highest BCUT2D eigenvalue weighted by Crippen LogP contribution is 2.18. The summed E-state index contributed by atoms with van der Waals surface area (Å²) in [6.45, 7) is 2.92. The van der Waals surface area contributed by atoms with Crippen LogP contribution in [-0.4, -0.2) is 28.3 Å². The molecule has 8 heteroatoms. The van der Waals surface area contributed by atoms with Gasteiger partial charge in [-0.25, -0.2) is 22.8 Å². The van der Waals surface area contributed by atoms with Gasteiger partial charge in [0.05, 0.1) is 6.10 Å². The molecule has 0 radical (unpaired) electrons. The van der Waals surface area contributed by atoms with Gasteiger partial charge in [-0.2, -0.15) is 0 Å². The van der Waals surface area contributed by atoms with Crippen LogP contribution in [0.25, 0.3) is 0 Å². The number of carboxylic acid groups (broad SMARTS) is 1. The van der Waals surface area contributed by atoms with Gasteiger partial charge in [0, 0.05) is 12.5 Å². The minimum atomic E-state index is -1.79. The third kappa shape index (κ3) is 4.24. The normalized spacial score (nSPS) is 12.1.